The summed E-state index contributed by atoms with van der Waals surface area (Å²) in [6, 6.07) is 9.02. The first-order valence-corrected chi connectivity index (χ1v) is 8.87. The van der Waals surface area contributed by atoms with Crippen LogP contribution >= 0.6 is 0 Å². The van der Waals surface area contributed by atoms with Crippen LogP contribution in [-0.2, 0) is 14.3 Å². The second-order valence-electron chi connectivity index (χ2n) is 7.17. The summed E-state index contributed by atoms with van der Waals surface area (Å²) in [5.74, 6) is -0.367. The smallest absolute Gasteiger partial charge is 0.251 e. The largest absolute Gasteiger partial charge is 0.396 e. The Morgan fingerprint density at radius 3 is 2.64 bits per heavy atom. The van der Waals surface area contributed by atoms with Crippen LogP contribution in [-0.4, -0.2) is 54.7 Å². The summed E-state index contributed by atoms with van der Waals surface area (Å²) in [5, 5.41) is 12.7. The number of hydrogen-bond acceptors (Lipinski definition) is 4. The molecular formula is C19H26N2O4. The lowest BCUT2D eigenvalue weighted by atomic mass is 9.87. The fraction of sp³-hybridized carbons (Fsp3) is 0.579. The average Bonchev–Trinajstić information content (AvgIpc) is 3.12. The molecular weight excluding hydrogens is 320 g/mol. The second-order valence-corrected chi connectivity index (χ2v) is 7.17. The molecule has 1 saturated carbocycles. The maximum atomic E-state index is 12.8. The highest BCUT2D eigenvalue weighted by Gasteiger charge is 2.41. The van der Waals surface area contributed by atoms with Gasteiger partial charge in [0.05, 0.1) is 12.6 Å². The normalized spacial score (nSPS) is 25.8. The number of carbonyl (C=O) groups is 2. The molecule has 2 aliphatic rings. The van der Waals surface area contributed by atoms with Crippen LogP contribution < -0.4 is 5.32 Å². The Morgan fingerprint density at radius 1 is 1.32 bits per heavy atom. The fourth-order valence-electron chi connectivity index (χ4n) is 3.87. The highest BCUT2D eigenvalue weighted by atomic mass is 16.5. The van der Waals surface area contributed by atoms with E-state index >= 15 is 0 Å². The predicted molar refractivity (Wildman–Crippen MR) is 92.7 cm³/mol. The Morgan fingerprint density at radius 2 is 2.00 bits per heavy atom. The van der Waals surface area contributed by atoms with Crippen molar-refractivity contribution in [3.8, 4) is 0 Å². The number of aliphatic hydroxyl groups is 1. The van der Waals surface area contributed by atoms with Crippen LogP contribution in [0.3, 0.4) is 0 Å². The van der Waals surface area contributed by atoms with E-state index in [0.717, 1.165) is 31.2 Å². The minimum Gasteiger partial charge on any atom is -0.396 e. The van der Waals surface area contributed by atoms with E-state index in [1.165, 1.54) is 0 Å². The third-order valence-corrected chi connectivity index (χ3v) is 5.52. The van der Waals surface area contributed by atoms with E-state index in [-0.39, 0.29) is 30.4 Å². The van der Waals surface area contributed by atoms with Crippen molar-refractivity contribution in [2.24, 2.45) is 5.41 Å². The van der Waals surface area contributed by atoms with Crippen LogP contribution in [0.5, 0.6) is 0 Å². The van der Waals surface area contributed by atoms with Crippen molar-refractivity contribution in [1.82, 2.24) is 10.2 Å². The molecule has 0 spiro atoms. The first-order valence-electron chi connectivity index (χ1n) is 8.87. The number of ether oxygens (including phenoxy) is 1. The van der Waals surface area contributed by atoms with E-state index in [1.54, 1.807) is 11.9 Å². The topological polar surface area (TPSA) is 78.9 Å². The van der Waals surface area contributed by atoms with Crippen molar-refractivity contribution >= 4 is 11.8 Å². The van der Waals surface area contributed by atoms with E-state index in [4.69, 9.17) is 4.74 Å². The zero-order valence-corrected chi connectivity index (χ0v) is 14.6. The highest BCUT2D eigenvalue weighted by Crippen LogP contribution is 2.37. The fourth-order valence-corrected chi connectivity index (χ4v) is 3.87. The molecule has 3 rings (SSSR count). The van der Waals surface area contributed by atoms with Gasteiger partial charge in [0, 0.05) is 19.0 Å². The molecule has 0 radical (unpaired) electrons. The highest BCUT2D eigenvalue weighted by molar-refractivity contribution is 5.86. The van der Waals surface area contributed by atoms with E-state index in [9.17, 15) is 14.7 Å². The molecule has 0 aromatic heterocycles. The maximum absolute atomic E-state index is 12.8. The number of aliphatic hydroxyl groups excluding tert-OH is 1. The van der Waals surface area contributed by atoms with Gasteiger partial charge in [0.25, 0.3) is 5.91 Å². The Balaban J connectivity index is 1.74. The maximum Gasteiger partial charge on any atom is 0.251 e. The Kier molecular flexibility index (Phi) is 5.39. The zero-order chi connectivity index (χ0) is 17.9. The summed E-state index contributed by atoms with van der Waals surface area (Å²) in [6.07, 6.45) is 3.27. The van der Waals surface area contributed by atoms with Gasteiger partial charge in [-0.15, -0.1) is 0 Å². The van der Waals surface area contributed by atoms with Crippen LogP contribution in [0.25, 0.3) is 0 Å². The molecule has 1 saturated heterocycles. The second kappa shape index (κ2) is 7.54. The van der Waals surface area contributed by atoms with E-state index in [1.807, 2.05) is 30.3 Å². The molecule has 2 fully saturated rings. The van der Waals surface area contributed by atoms with Crippen molar-refractivity contribution in [3.63, 3.8) is 0 Å². The number of hydrogen-bond donors (Lipinski definition) is 2. The lowest BCUT2D eigenvalue weighted by Crippen LogP contribution is -2.54. The third kappa shape index (κ3) is 3.70. The SMILES string of the molecule is CN1C(=O)COC(C(=O)NCC2(CO)CCCC2)C1c1ccccc1. The first-order chi connectivity index (χ1) is 12.1. The monoisotopic (exact) mass is 346 g/mol. The standard InChI is InChI=1S/C19H26N2O4/c1-21-15(23)11-25-17(16(21)14-7-3-2-4-8-14)18(24)20-12-19(13-22)9-5-6-10-19/h2-4,7-8,16-17,22H,5-6,9-13H2,1H3,(H,20,24). The molecule has 1 heterocycles. The molecule has 2 N–H and O–H groups in total. The number of likely N-dealkylation sites (N-methyl/N-ethyl adjacent to an activating group) is 1. The molecule has 6 nitrogen and oxygen atoms in total. The van der Waals surface area contributed by atoms with Crippen molar-refractivity contribution in [2.45, 2.75) is 37.8 Å². The molecule has 1 aliphatic heterocycles. The van der Waals surface area contributed by atoms with Crippen LogP contribution in [0.1, 0.15) is 37.3 Å². The molecule has 0 bridgehead atoms. The van der Waals surface area contributed by atoms with Crippen LogP contribution in [0.4, 0.5) is 0 Å². The number of carbonyl (C=O) groups excluding carboxylic acids is 2. The van der Waals surface area contributed by atoms with Gasteiger partial charge in [-0.05, 0) is 18.4 Å². The Bertz CT molecular complexity index is 613. The van der Waals surface area contributed by atoms with Gasteiger partial charge in [0.2, 0.25) is 5.91 Å². The molecule has 2 amide bonds. The number of nitrogens with one attached hydrogen (secondary N) is 1. The number of morpholine rings is 1. The van der Waals surface area contributed by atoms with Gasteiger partial charge in [0.15, 0.2) is 6.10 Å². The minimum absolute atomic E-state index is 0.0826. The molecule has 2 atom stereocenters. The summed E-state index contributed by atoms with van der Waals surface area (Å²) in [5.41, 5.74) is 0.657. The zero-order valence-electron chi connectivity index (χ0n) is 14.6. The lowest BCUT2D eigenvalue weighted by molar-refractivity contribution is -0.162. The number of rotatable bonds is 5. The average molecular weight is 346 g/mol. The molecule has 1 aliphatic carbocycles. The predicted octanol–water partition coefficient (Wildman–Crippen LogP) is 1.25. The minimum atomic E-state index is -0.748. The van der Waals surface area contributed by atoms with Gasteiger partial charge >= 0.3 is 0 Å². The van der Waals surface area contributed by atoms with Crippen molar-refractivity contribution in [1.29, 1.82) is 0 Å². The number of nitrogens with zero attached hydrogens (tertiary/aromatic N) is 1. The van der Waals surface area contributed by atoms with Crippen molar-refractivity contribution in [2.75, 3.05) is 26.8 Å². The molecule has 136 valence electrons. The Hall–Kier alpha value is -1.92. The van der Waals surface area contributed by atoms with Gasteiger partial charge in [-0.3, -0.25) is 9.59 Å². The lowest BCUT2D eigenvalue weighted by Gasteiger charge is -2.38. The molecule has 6 heteroatoms. The van der Waals surface area contributed by atoms with E-state index in [2.05, 4.69) is 5.32 Å². The van der Waals surface area contributed by atoms with Gasteiger partial charge in [-0.2, -0.15) is 0 Å². The molecule has 1 aromatic rings. The number of benzene rings is 1. The van der Waals surface area contributed by atoms with Gasteiger partial charge < -0.3 is 20.1 Å². The van der Waals surface area contributed by atoms with E-state index in [0.29, 0.717) is 6.54 Å². The van der Waals surface area contributed by atoms with Crippen LogP contribution in [0.15, 0.2) is 30.3 Å². The van der Waals surface area contributed by atoms with Crippen molar-refractivity contribution < 1.29 is 19.4 Å². The van der Waals surface area contributed by atoms with Crippen LogP contribution in [0, 0.1) is 5.41 Å². The number of amides is 2. The quantitative estimate of drug-likeness (QED) is 0.841. The van der Waals surface area contributed by atoms with Gasteiger partial charge in [-0.25, -0.2) is 0 Å². The van der Waals surface area contributed by atoms with E-state index < -0.39 is 12.1 Å². The summed E-state index contributed by atoms with van der Waals surface area (Å²) in [7, 11) is 1.70. The van der Waals surface area contributed by atoms with Crippen molar-refractivity contribution in [3.05, 3.63) is 35.9 Å². The van der Waals surface area contributed by atoms with Crippen LogP contribution in [0.2, 0.25) is 0 Å². The van der Waals surface area contributed by atoms with Gasteiger partial charge in [-0.1, -0.05) is 43.2 Å². The van der Waals surface area contributed by atoms with Gasteiger partial charge in [0.1, 0.15) is 6.61 Å². The summed E-state index contributed by atoms with van der Waals surface area (Å²) >= 11 is 0. The Labute approximate surface area is 148 Å². The molecule has 1 aromatic carbocycles. The summed E-state index contributed by atoms with van der Waals surface area (Å²) in [6.45, 7) is 0.434. The molecule has 2 unspecified atom stereocenters. The molecule has 25 heavy (non-hydrogen) atoms. The summed E-state index contributed by atoms with van der Waals surface area (Å²) < 4.78 is 5.61. The first kappa shape index (κ1) is 17.9. The summed E-state index contributed by atoms with van der Waals surface area (Å²) in [4.78, 5) is 26.4. The third-order valence-electron chi connectivity index (χ3n) is 5.52.